The maximum Gasteiger partial charge on any atom is 0.222 e. The van der Waals surface area contributed by atoms with Gasteiger partial charge in [0.05, 0.1) is 12.5 Å². The average molecular weight is 442 g/mol. The summed E-state index contributed by atoms with van der Waals surface area (Å²) >= 11 is 0. The highest BCUT2D eigenvalue weighted by Crippen LogP contribution is 2.27. The lowest BCUT2D eigenvalue weighted by molar-refractivity contribution is -0.122. The number of nitrogens with two attached hydrogens (primary N) is 1. The number of carbonyl (C=O) groups is 1. The number of aliphatic imine (C=N–C) groups is 1. The maximum atomic E-state index is 11.7. The molecule has 4 N–H and O–H groups in total. The number of anilines is 1. The fourth-order valence-electron chi connectivity index (χ4n) is 5.42. The monoisotopic (exact) mass is 441 g/mol. The molecule has 1 amide bonds. The summed E-state index contributed by atoms with van der Waals surface area (Å²) in [6, 6.07) is 5.27. The van der Waals surface area contributed by atoms with Crippen LogP contribution in [0.2, 0.25) is 0 Å². The van der Waals surface area contributed by atoms with Crippen LogP contribution in [0.1, 0.15) is 57.4 Å². The van der Waals surface area contributed by atoms with Crippen LogP contribution in [-0.4, -0.2) is 66.6 Å². The van der Waals surface area contributed by atoms with Crippen LogP contribution in [-0.2, 0) is 11.3 Å². The van der Waals surface area contributed by atoms with Crippen molar-refractivity contribution in [3.63, 3.8) is 0 Å². The first kappa shape index (κ1) is 22.8. The Morgan fingerprint density at radius 2 is 2.03 bits per heavy atom. The summed E-state index contributed by atoms with van der Waals surface area (Å²) in [5.74, 6) is 1.47. The van der Waals surface area contributed by atoms with E-state index in [1.807, 2.05) is 12.3 Å². The van der Waals surface area contributed by atoms with Gasteiger partial charge in [0, 0.05) is 56.6 Å². The molecule has 0 radical (unpaired) electrons. The summed E-state index contributed by atoms with van der Waals surface area (Å²) in [4.78, 5) is 26.1. The predicted molar refractivity (Wildman–Crippen MR) is 129 cm³/mol. The number of amides is 1. The summed E-state index contributed by atoms with van der Waals surface area (Å²) in [5, 5.41) is 7.07. The van der Waals surface area contributed by atoms with Crippen molar-refractivity contribution in [3.8, 4) is 0 Å². The van der Waals surface area contributed by atoms with Crippen molar-refractivity contribution in [1.29, 1.82) is 0 Å². The molecule has 1 aromatic heterocycles. The molecule has 2 aliphatic heterocycles. The normalized spacial score (nSPS) is 25.3. The first-order valence-corrected chi connectivity index (χ1v) is 12.4. The van der Waals surface area contributed by atoms with E-state index < -0.39 is 0 Å². The lowest BCUT2D eigenvalue weighted by Gasteiger charge is -2.33. The number of nitrogens with one attached hydrogen (secondary N) is 2. The van der Waals surface area contributed by atoms with Crippen molar-refractivity contribution in [2.45, 2.75) is 70.5 Å². The summed E-state index contributed by atoms with van der Waals surface area (Å²) in [6.07, 6.45) is 10.3. The number of hydrogen-bond acceptors (Lipinski definition) is 5. The third-order valence-electron chi connectivity index (χ3n) is 7.14. The minimum atomic E-state index is -0.216. The number of aromatic nitrogens is 1. The van der Waals surface area contributed by atoms with Crippen molar-refractivity contribution in [2.24, 2.45) is 16.6 Å². The van der Waals surface area contributed by atoms with E-state index in [0.29, 0.717) is 19.1 Å². The van der Waals surface area contributed by atoms with Crippen molar-refractivity contribution in [3.05, 3.63) is 23.9 Å². The second-order valence-electron chi connectivity index (χ2n) is 9.43. The lowest BCUT2D eigenvalue weighted by Crippen LogP contribution is -2.45. The highest BCUT2D eigenvalue weighted by molar-refractivity contribution is 5.80. The number of guanidine groups is 1. The van der Waals surface area contributed by atoms with E-state index >= 15 is 0 Å². The van der Waals surface area contributed by atoms with E-state index in [4.69, 9.17) is 10.7 Å². The maximum absolute atomic E-state index is 11.7. The molecule has 3 aliphatic rings. The molecule has 176 valence electrons. The van der Waals surface area contributed by atoms with Crippen LogP contribution in [0.3, 0.4) is 0 Å². The number of nitrogens with zero attached hydrogens (tertiary/aromatic N) is 4. The average Bonchev–Trinajstić information content (AvgIpc) is 3.50. The van der Waals surface area contributed by atoms with Crippen LogP contribution in [0.15, 0.2) is 23.3 Å². The number of likely N-dealkylation sites (tertiary alicyclic amines) is 1. The Bertz CT molecular complexity index is 792. The largest absolute Gasteiger partial charge is 0.369 e. The number of hydrogen-bond donors (Lipinski definition) is 3. The zero-order valence-electron chi connectivity index (χ0n) is 19.4. The quantitative estimate of drug-likeness (QED) is 0.441. The molecule has 2 saturated heterocycles. The number of primary amides is 1. The molecule has 3 fully saturated rings. The molecule has 0 spiro atoms. The van der Waals surface area contributed by atoms with Gasteiger partial charge in [0.15, 0.2) is 5.96 Å². The van der Waals surface area contributed by atoms with Crippen LogP contribution >= 0.6 is 0 Å². The van der Waals surface area contributed by atoms with E-state index in [9.17, 15) is 4.79 Å². The molecule has 2 atom stereocenters. The molecule has 1 saturated carbocycles. The Labute approximate surface area is 192 Å². The van der Waals surface area contributed by atoms with Crippen LogP contribution in [0.5, 0.6) is 0 Å². The molecule has 3 heterocycles. The van der Waals surface area contributed by atoms with Crippen molar-refractivity contribution in [2.75, 3.05) is 37.6 Å². The van der Waals surface area contributed by atoms with Gasteiger partial charge in [-0.3, -0.25) is 9.69 Å². The van der Waals surface area contributed by atoms with E-state index in [2.05, 4.69) is 38.4 Å². The minimum Gasteiger partial charge on any atom is -0.369 e. The number of carbonyl (C=O) groups excluding carboxylic acids is 1. The van der Waals surface area contributed by atoms with E-state index in [1.165, 1.54) is 38.6 Å². The van der Waals surface area contributed by atoms with Crippen molar-refractivity contribution < 1.29 is 4.79 Å². The van der Waals surface area contributed by atoms with E-state index in [1.54, 1.807) is 0 Å². The summed E-state index contributed by atoms with van der Waals surface area (Å²) in [6.45, 7) is 7.31. The van der Waals surface area contributed by atoms with Crippen molar-refractivity contribution >= 4 is 17.7 Å². The molecule has 0 aromatic carbocycles. The summed E-state index contributed by atoms with van der Waals surface area (Å²) in [7, 11) is 0. The first-order valence-electron chi connectivity index (χ1n) is 12.4. The second-order valence-corrected chi connectivity index (χ2v) is 9.43. The van der Waals surface area contributed by atoms with Gasteiger partial charge in [-0.05, 0) is 45.1 Å². The fourth-order valence-corrected chi connectivity index (χ4v) is 5.42. The molecular weight excluding hydrogens is 402 g/mol. The second kappa shape index (κ2) is 11.0. The van der Waals surface area contributed by atoms with E-state index in [0.717, 1.165) is 55.9 Å². The van der Waals surface area contributed by atoms with Gasteiger partial charge in [0.25, 0.3) is 0 Å². The third kappa shape index (κ3) is 5.71. The van der Waals surface area contributed by atoms with Crippen molar-refractivity contribution in [1.82, 2.24) is 20.5 Å². The van der Waals surface area contributed by atoms with Gasteiger partial charge in [-0.15, -0.1) is 0 Å². The standard InChI is InChI=1S/C24H39N7O/c1-2-26-24(29-20-11-14-30(17-20)21-9-3-4-10-21)28-15-18-7-5-12-27-23(18)31-13-6-8-19(16-31)22(25)32/h5,7,12,19-21H,2-4,6,8-11,13-17H2,1H3,(H2,25,32)(H2,26,28,29). The Balaban J connectivity index is 1.39. The molecule has 0 bridgehead atoms. The van der Waals surface area contributed by atoms with Crippen LogP contribution < -0.4 is 21.3 Å². The Hall–Kier alpha value is -2.35. The van der Waals surface area contributed by atoms with Crippen LogP contribution in [0.4, 0.5) is 5.82 Å². The Morgan fingerprint density at radius 1 is 1.19 bits per heavy atom. The molecule has 32 heavy (non-hydrogen) atoms. The van der Waals surface area contributed by atoms with Crippen LogP contribution in [0, 0.1) is 5.92 Å². The third-order valence-corrected chi connectivity index (χ3v) is 7.14. The number of pyridine rings is 1. The molecule has 1 aromatic rings. The first-order chi connectivity index (χ1) is 15.6. The molecule has 8 nitrogen and oxygen atoms in total. The number of rotatable bonds is 7. The molecule has 2 unspecified atom stereocenters. The smallest absolute Gasteiger partial charge is 0.222 e. The SMILES string of the molecule is CCNC(=NCc1cccnc1N1CCCC(C(N)=O)C1)NC1CCN(C2CCCC2)C1. The Morgan fingerprint density at radius 3 is 2.81 bits per heavy atom. The van der Waals surface area contributed by atoms with Gasteiger partial charge in [0.2, 0.25) is 5.91 Å². The zero-order chi connectivity index (χ0) is 22.3. The molecule has 4 rings (SSSR count). The van der Waals surface area contributed by atoms with Gasteiger partial charge in [-0.1, -0.05) is 18.9 Å². The topological polar surface area (TPSA) is 98.9 Å². The van der Waals surface area contributed by atoms with Gasteiger partial charge < -0.3 is 21.3 Å². The van der Waals surface area contributed by atoms with E-state index in [-0.39, 0.29) is 11.8 Å². The highest BCUT2D eigenvalue weighted by atomic mass is 16.1. The fraction of sp³-hybridized carbons (Fsp3) is 0.708. The molecule has 8 heteroatoms. The zero-order valence-corrected chi connectivity index (χ0v) is 19.4. The van der Waals surface area contributed by atoms with Gasteiger partial charge in [0.1, 0.15) is 5.82 Å². The predicted octanol–water partition coefficient (Wildman–Crippen LogP) is 1.86. The molecular formula is C24H39N7O. The van der Waals surface area contributed by atoms with Gasteiger partial charge >= 0.3 is 0 Å². The minimum absolute atomic E-state index is 0.105. The van der Waals surface area contributed by atoms with Gasteiger partial charge in [-0.2, -0.15) is 0 Å². The number of piperidine rings is 1. The highest BCUT2D eigenvalue weighted by Gasteiger charge is 2.30. The van der Waals surface area contributed by atoms with Crippen LogP contribution in [0.25, 0.3) is 0 Å². The lowest BCUT2D eigenvalue weighted by atomic mass is 9.97. The van der Waals surface area contributed by atoms with Gasteiger partial charge in [-0.25, -0.2) is 9.98 Å². The molecule has 1 aliphatic carbocycles. The Kier molecular flexibility index (Phi) is 7.84. The summed E-state index contributed by atoms with van der Waals surface area (Å²) < 4.78 is 0. The summed E-state index contributed by atoms with van der Waals surface area (Å²) in [5.41, 5.74) is 6.65.